The van der Waals surface area contributed by atoms with Crippen molar-refractivity contribution in [3.63, 3.8) is 0 Å². The van der Waals surface area contributed by atoms with E-state index in [9.17, 15) is 4.79 Å². The maximum atomic E-state index is 11.6. The third-order valence-electron chi connectivity index (χ3n) is 3.30. The molecule has 0 saturated carbocycles. The SMILES string of the molecule is COC(C)CCC(=O)NCCc1nc2ccccc2[nH]1. The zero-order valence-corrected chi connectivity index (χ0v) is 12.0. The number of H-pyrrole nitrogens is 1. The highest BCUT2D eigenvalue weighted by Crippen LogP contribution is 2.10. The Bertz CT molecular complexity index is 532. The summed E-state index contributed by atoms with van der Waals surface area (Å²) in [4.78, 5) is 19.3. The average molecular weight is 275 g/mol. The third-order valence-corrected chi connectivity index (χ3v) is 3.30. The summed E-state index contributed by atoms with van der Waals surface area (Å²) < 4.78 is 5.11. The Hall–Kier alpha value is -1.88. The van der Waals surface area contributed by atoms with E-state index in [0.717, 1.165) is 23.3 Å². The van der Waals surface area contributed by atoms with Gasteiger partial charge in [-0.1, -0.05) is 12.1 Å². The standard InChI is InChI=1S/C15H21N3O2/c1-11(20-2)7-8-15(19)16-10-9-14-17-12-5-3-4-6-13(12)18-14/h3-6,11H,7-10H2,1-2H3,(H,16,19)(H,17,18). The van der Waals surface area contributed by atoms with Gasteiger partial charge in [-0.3, -0.25) is 4.79 Å². The number of carbonyl (C=O) groups is 1. The molecule has 5 heteroatoms. The van der Waals surface area contributed by atoms with Crippen molar-refractivity contribution in [2.45, 2.75) is 32.3 Å². The number of aromatic nitrogens is 2. The van der Waals surface area contributed by atoms with Crippen LogP contribution in [0.4, 0.5) is 0 Å². The number of aromatic amines is 1. The van der Waals surface area contributed by atoms with E-state index in [1.165, 1.54) is 0 Å². The van der Waals surface area contributed by atoms with Gasteiger partial charge in [-0.15, -0.1) is 0 Å². The zero-order chi connectivity index (χ0) is 14.4. The Morgan fingerprint density at radius 3 is 3.00 bits per heavy atom. The second-order valence-electron chi connectivity index (χ2n) is 4.89. The van der Waals surface area contributed by atoms with Crippen molar-refractivity contribution in [1.82, 2.24) is 15.3 Å². The Kier molecular flexibility index (Phi) is 5.12. The first kappa shape index (κ1) is 14.5. The van der Waals surface area contributed by atoms with E-state index in [1.807, 2.05) is 31.2 Å². The van der Waals surface area contributed by atoms with Gasteiger partial charge in [-0.2, -0.15) is 0 Å². The first-order valence-corrected chi connectivity index (χ1v) is 6.92. The fourth-order valence-electron chi connectivity index (χ4n) is 1.98. The van der Waals surface area contributed by atoms with Crippen LogP contribution in [0.25, 0.3) is 11.0 Å². The Morgan fingerprint density at radius 1 is 1.45 bits per heavy atom. The van der Waals surface area contributed by atoms with Crippen LogP contribution in [0, 0.1) is 0 Å². The minimum absolute atomic E-state index is 0.0602. The van der Waals surface area contributed by atoms with Gasteiger partial charge in [0.15, 0.2) is 0 Å². The van der Waals surface area contributed by atoms with Gasteiger partial charge in [0.2, 0.25) is 5.91 Å². The predicted molar refractivity (Wildman–Crippen MR) is 78.5 cm³/mol. The van der Waals surface area contributed by atoms with Crippen LogP contribution in [0.3, 0.4) is 0 Å². The summed E-state index contributed by atoms with van der Waals surface area (Å²) in [7, 11) is 1.66. The topological polar surface area (TPSA) is 67.0 Å². The summed E-state index contributed by atoms with van der Waals surface area (Å²) in [5, 5.41) is 2.90. The molecule has 0 aliphatic heterocycles. The normalized spacial score (nSPS) is 12.5. The highest BCUT2D eigenvalue weighted by Gasteiger charge is 2.06. The summed E-state index contributed by atoms with van der Waals surface area (Å²) in [6.07, 6.45) is 2.07. The number of methoxy groups -OCH3 is 1. The number of nitrogens with zero attached hydrogens (tertiary/aromatic N) is 1. The molecule has 108 valence electrons. The van der Waals surface area contributed by atoms with Crippen molar-refractivity contribution < 1.29 is 9.53 Å². The second-order valence-corrected chi connectivity index (χ2v) is 4.89. The molecule has 0 aliphatic rings. The molecule has 1 aromatic heterocycles. The van der Waals surface area contributed by atoms with Crippen LogP contribution in [-0.2, 0) is 16.0 Å². The van der Waals surface area contributed by atoms with Crippen molar-refractivity contribution in [2.75, 3.05) is 13.7 Å². The lowest BCUT2D eigenvalue weighted by Gasteiger charge is -2.08. The molecule has 1 heterocycles. The van der Waals surface area contributed by atoms with Crippen LogP contribution in [0.5, 0.6) is 0 Å². The summed E-state index contributed by atoms with van der Waals surface area (Å²) in [6.45, 7) is 2.56. The van der Waals surface area contributed by atoms with Gasteiger partial charge in [0, 0.05) is 26.5 Å². The lowest BCUT2D eigenvalue weighted by atomic mass is 10.2. The fraction of sp³-hybridized carbons (Fsp3) is 0.467. The summed E-state index contributed by atoms with van der Waals surface area (Å²) >= 11 is 0. The van der Waals surface area contributed by atoms with Crippen LogP contribution in [-0.4, -0.2) is 35.6 Å². The molecule has 2 N–H and O–H groups in total. The molecular weight excluding hydrogens is 254 g/mol. The van der Waals surface area contributed by atoms with Crippen molar-refractivity contribution in [3.05, 3.63) is 30.1 Å². The molecule has 1 atom stereocenters. The lowest BCUT2D eigenvalue weighted by Crippen LogP contribution is -2.26. The van der Waals surface area contributed by atoms with E-state index < -0.39 is 0 Å². The number of amides is 1. The number of nitrogens with one attached hydrogen (secondary N) is 2. The summed E-state index contributed by atoms with van der Waals surface area (Å²) in [5.41, 5.74) is 1.99. The molecule has 5 nitrogen and oxygen atoms in total. The largest absolute Gasteiger partial charge is 0.382 e. The van der Waals surface area contributed by atoms with Gasteiger partial charge in [-0.25, -0.2) is 4.98 Å². The summed E-state index contributed by atoms with van der Waals surface area (Å²) in [6, 6.07) is 7.91. The highest BCUT2D eigenvalue weighted by atomic mass is 16.5. The fourth-order valence-corrected chi connectivity index (χ4v) is 1.98. The molecule has 0 bridgehead atoms. The molecule has 1 amide bonds. The summed E-state index contributed by atoms with van der Waals surface area (Å²) in [5.74, 6) is 0.960. The Morgan fingerprint density at radius 2 is 2.25 bits per heavy atom. The van der Waals surface area contributed by atoms with Crippen LogP contribution in [0.15, 0.2) is 24.3 Å². The second kappa shape index (κ2) is 7.05. The van der Waals surface area contributed by atoms with Gasteiger partial charge in [0.05, 0.1) is 17.1 Å². The molecule has 0 aliphatic carbocycles. The third kappa shape index (κ3) is 4.06. The van der Waals surface area contributed by atoms with Crippen molar-refractivity contribution in [3.8, 4) is 0 Å². The molecule has 1 aromatic carbocycles. The van der Waals surface area contributed by atoms with Crippen LogP contribution >= 0.6 is 0 Å². The number of hydrogen-bond acceptors (Lipinski definition) is 3. The molecule has 20 heavy (non-hydrogen) atoms. The quantitative estimate of drug-likeness (QED) is 0.812. The van der Waals surface area contributed by atoms with E-state index >= 15 is 0 Å². The first-order chi connectivity index (χ1) is 9.69. The number of hydrogen-bond donors (Lipinski definition) is 2. The number of imidazole rings is 1. The number of para-hydroxylation sites is 2. The molecule has 0 fully saturated rings. The maximum absolute atomic E-state index is 11.6. The van der Waals surface area contributed by atoms with Gasteiger partial charge in [-0.05, 0) is 25.5 Å². The van der Waals surface area contributed by atoms with Gasteiger partial charge in [0.1, 0.15) is 5.82 Å². The van der Waals surface area contributed by atoms with Crippen molar-refractivity contribution in [1.29, 1.82) is 0 Å². The highest BCUT2D eigenvalue weighted by molar-refractivity contribution is 5.76. The zero-order valence-electron chi connectivity index (χ0n) is 12.0. The van der Waals surface area contributed by atoms with Crippen LogP contribution in [0.2, 0.25) is 0 Å². The van der Waals surface area contributed by atoms with E-state index in [2.05, 4.69) is 15.3 Å². The van der Waals surface area contributed by atoms with E-state index in [0.29, 0.717) is 19.4 Å². The smallest absolute Gasteiger partial charge is 0.220 e. The lowest BCUT2D eigenvalue weighted by molar-refractivity contribution is -0.121. The molecule has 2 aromatic rings. The number of fused-ring (bicyclic) bond motifs is 1. The number of carbonyl (C=O) groups excluding carboxylic acids is 1. The predicted octanol–water partition coefficient (Wildman–Crippen LogP) is 2.04. The molecule has 0 spiro atoms. The van der Waals surface area contributed by atoms with Crippen molar-refractivity contribution in [2.24, 2.45) is 0 Å². The maximum Gasteiger partial charge on any atom is 0.220 e. The molecule has 1 unspecified atom stereocenters. The van der Waals surface area contributed by atoms with Gasteiger partial charge < -0.3 is 15.0 Å². The molecule has 2 rings (SSSR count). The van der Waals surface area contributed by atoms with Gasteiger partial charge >= 0.3 is 0 Å². The Balaban J connectivity index is 1.74. The van der Waals surface area contributed by atoms with Crippen LogP contribution < -0.4 is 5.32 Å². The molecule has 0 radical (unpaired) electrons. The van der Waals surface area contributed by atoms with Crippen molar-refractivity contribution >= 4 is 16.9 Å². The van der Waals surface area contributed by atoms with E-state index in [4.69, 9.17) is 4.74 Å². The van der Waals surface area contributed by atoms with E-state index in [1.54, 1.807) is 7.11 Å². The monoisotopic (exact) mass is 275 g/mol. The van der Waals surface area contributed by atoms with Crippen LogP contribution in [0.1, 0.15) is 25.6 Å². The minimum atomic E-state index is 0.0602. The molecule has 0 saturated heterocycles. The minimum Gasteiger partial charge on any atom is -0.382 e. The van der Waals surface area contributed by atoms with Gasteiger partial charge in [0.25, 0.3) is 0 Å². The number of ether oxygens (including phenoxy) is 1. The Labute approximate surface area is 118 Å². The van der Waals surface area contributed by atoms with E-state index in [-0.39, 0.29) is 12.0 Å². The first-order valence-electron chi connectivity index (χ1n) is 6.92. The number of benzene rings is 1. The average Bonchev–Trinajstić information content (AvgIpc) is 2.87. The molecular formula is C15H21N3O2. The number of rotatable bonds is 7.